The van der Waals surface area contributed by atoms with E-state index in [0.717, 1.165) is 5.56 Å². The smallest absolute Gasteiger partial charge is 0.235 e. The fourth-order valence-corrected chi connectivity index (χ4v) is 2.00. The molecule has 1 N–H and O–H groups in total. The van der Waals surface area contributed by atoms with Gasteiger partial charge in [0.15, 0.2) is 5.76 Å². The van der Waals surface area contributed by atoms with Crippen molar-refractivity contribution in [2.45, 2.75) is 0 Å². The lowest BCUT2D eigenvalue weighted by Crippen LogP contribution is -2.02. The van der Waals surface area contributed by atoms with Gasteiger partial charge in [0.2, 0.25) is 11.2 Å². The number of rotatable bonds is 2. The molecule has 0 amide bonds. The van der Waals surface area contributed by atoms with Crippen LogP contribution in [0.1, 0.15) is 11.3 Å². The zero-order valence-electron chi connectivity index (χ0n) is 10.6. The number of hydrogen-bond donors (Lipinski definition) is 1. The molecule has 0 atom stereocenters. The Balaban J connectivity index is 2.11. The van der Waals surface area contributed by atoms with Gasteiger partial charge in [-0.2, -0.15) is 0 Å². The van der Waals surface area contributed by atoms with Crippen LogP contribution in [-0.2, 0) is 0 Å². The van der Waals surface area contributed by atoms with Crippen LogP contribution >= 0.6 is 0 Å². The Labute approximate surface area is 115 Å². The average Bonchev–Trinajstić information content (AvgIpc) is 2.50. The van der Waals surface area contributed by atoms with Gasteiger partial charge in [-0.25, -0.2) is 0 Å². The van der Waals surface area contributed by atoms with Crippen molar-refractivity contribution >= 4 is 23.1 Å². The minimum atomic E-state index is -0.417. The molecule has 2 aromatic carbocycles. The first-order valence-electron chi connectivity index (χ1n) is 6.23. The Kier molecular flexibility index (Phi) is 3.09. The van der Waals surface area contributed by atoms with E-state index in [-0.39, 0.29) is 11.5 Å². The molecule has 0 fully saturated rings. The Bertz CT molecular complexity index is 830. The normalized spacial score (nSPS) is 11.2. The van der Waals surface area contributed by atoms with E-state index < -0.39 is 5.43 Å². The molecule has 0 aliphatic heterocycles. The second-order valence-corrected chi connectivity index (χ2v) is 4.38. The molecule has 0 spiro atoms. The maximum Gasteiger partial charge on any atom is 0.235 e. The molecular formula is C17H12O3. The summed E-state index contributed by atoms with van der Waals surface area (Å²) in [7, 11) is 0. The minimum absolute atomic E-state index is 0.164. The number of hydrogen-bond acceptors (Lipinski definition) is 3. The van der Waals surface area contributed by atoms with Crippen LogP contribution in [0.3, 0.4) is 0 Å². The molecule has 0 bridgehead atoms. The Morgan fingerprint density at radius 1 is 0.900 bits per heavy atom. The highest BCUT2D eigenvalue weighted by molar-refractivity contribution is 5.80. The molecule has 1 heterocycles. The fourth-order valence-electron chi connectivity index (χ4n) is 2.00. The van der Waals surface area contributed by atoms with Gasteiger partial charge in [0.1, 0.15) is 5.58 Å². The van der Waals surface area contributed by atoms with Crippen LogP contribution < -0.4 is 5.43 Å². The number of fused-ring (bicyclic) bond motifs is 1. The van der Waals surface area contributed by atoms with Crippen LogP contribution in [0.15, 0.2) is 63.8 Å². The summed E-state index contributed by atoms with van der Waals surface area (Å²) < 4.78 is 5.56. The minimum Gasteiger partial charge on any atom is -0.502 e. The van der Waals surface area contributed by atoms with Gasteiger partial charge in [-0.15, -0.1) is 0 Å². The topological polar surface area (TPSA) is 50.4 Å². The van der Waals surface area contributed by atoms with Crippen molar-refractivity contribution in [1.82, 2.24) is 0 Å². The van der Waals surface area contributed by atoms with E-state index in [2.05, 4.69) is 0 Å². The molecule has 1 aromatic heterocycles. The highest BCUT2D eigenvalue weighted by atomic mass is 16.4. The summed E-state index contributed by atoms with van der Waals surface area (Å²) in [6.45, 7) is 0. The Morgan fingerprint density at radius 3 is 2.40 bits per heavy atom. The third-order valence-corrected chi connectivity index (χ3v) is 3.03. The van der Waals surface area contributed by atoms with Crippen LogP contribution in [0.5, 0.6) is 5.75 Å². The van der Waals surface area contributed by atoms with E-state index in [0.29, 0.717) is 11.0 Å². The fraction of sp³-hybridized carbons (Fsp3) is 0. The van der Waals surface area contributed by atoms with Crippen LogP contribution in [-0.4, -0.2) is 5.11 Å². The van der Waals surface area contributed by atoms with Crippen molar-refractivity contribution in [3.63, 3.8) is 0 Å². The molecular weight excluding hydrogens is 252 g/mol. The van der Waals surface area contributed by atoms with Gasteiger partial charge >= 0.3 is 0 Å². The van der Waals surface area contributed by atoms with Crippen LogP contribution in [0.4, 0.5) is 0 Å². The van der Waals surface area contributed by atoms with Crippen molar-refractivity contribution < 1.29 is 9.52 Å². The van der Waals surface area contributed by atoms with Gasteiger partial charge < -0.3 is 9.52 Å². The molecule has 3 rings (SSSR count). The molecule has 98 valence electrons. The van der Waals surface area contributed by atoms with Gasteiger partial charge in [0.05, 0.1) is 5.39 Å². The van der Waals surface area contributed by atoms with Crippen molar-refractivity contribution in [2.24, 2.45) is 0 Å². The quantitative estimate of drug-likeness (QED) is 0.768. The number of para-hydroxylation sites is 1. The van der Waals surface area contributed by atoms with Gasteiger partial charge in [-0.1, -0.05) is 48.5 Å². The summed E-state index contributed by atoms with van der Waals surface area (Å²) in [5, 5.41) is 10.3. The van der Waals surface area contributed by atoms with E-state index >= 15 is 0 Å². The monoisotopic (exact) mass is 264 g/mol. The first kappa shape index (κ1) is 12.2. The second kappa shape index (κ2) is 5.05. The van der Waals surface area contributed by atoms with Gasteiger partial charge in [-0.3, -0.25) is 4.79 Å². The lowest BCUT2D eigenvalue weighted by Gasteiger charge is -2.01. The van der Waals surface area contributed by atoms with Crippen molar-refractivity contribution in [3.8, 4) is 5.75 Å². The third kappa shape index (κ3) is 2.21. The number of benzene rings is 2. The van der Waals surface area contributed by atoms with Crippen molar-refractivity contribution in [1.29, 1.82) is 0 Å². The van der Waals surface area contributed by atoms with Gasteiger partial charge in [-0.05, 0) is 23.8 Å². The zero-order chi connectivity index (χ0) is 13.9. The number of aromatic hydroxyl groups is 1. The molecule has 0 saturated heterocycles. The Hall–Kier alpha value is -2.81. The molecule has 3 aromatic rings. The second-order valence-electron chi connectivity index (χ2n) is 4.38. The van der Waals surface area contributed by atoms with Crippen molar-refractivity contribution in [3.05, 3.63) is 76.1 Å². The highest BCUT2D eigenvalue weighted by Gasteiger charge is 2.10. The lowest BCUT2D eigenvalue weighted by molar-refractivity contribution is 0.438. The van der Waals surface area contributed by atoms with E-state index in [1.807, 2.05) is 30.3 Å². The van der Waals surface area contributed by atoms with E-state index in [4.69, 9.17) is 4.42 Å². The summed E-state index contributed by atoms with van der Waals surface area (Å²) in [6.07, 6.45) is 3.38. The molecule has 0 radical (unpaired) electrons. The molecule has 0 aliphatic carbocycles. The molecule has 3 nitrogen and oxygen atoms in total. The lowest BCUT2D eigenvalue weighted by atomic mass is 10.1. The highest BCUT2D eigenvalue weighted by Crippen LogP contribution is 2.21. The average molecular weight is 264 g/mol. The zero-order valence-corrected chi connectivity index (χ0v) is 10.6. The summed E-state index contributed by atoms with van der Waals surface area (Å²) in [4.78, 5) is 12.0. The predicted molar refractivity (Wildman–Crippen MR) is 79.5 cm³/mol. The first-order chi connectivity index (χ1) is 9.75. The van der Waals surface area contributed by atoms with E-state index in [1.165, 1.54) is 0 Å². The SMILES string of the molecule is O=c1c(O)c(/C=C\c2ccccc2)oc2ccccc12. The molecule has 0 unspecified atom stereocenters. The largest absolute Gasteiger partial charge is 0.502 e. The van der Waals surface area contributed by atoms with Crippen LogP contribution in [0.2, 0.25) is 0 Å². The molecule has 20 heavy (non-hydrogen) atoms. The summed E-state index contributed by atoms with van der Waals surface area (Å²) in [5.41, 5.74) is 1.00. The molecule has 0 aliphatic rings. The maximum atomic E-state index is 12.0. The van der Waals surface area contributed by atoms with Crippen molar-refractivity contribution in [2.75, 3.05) is 0 Å². The van der Waals surface area contributed by atoms with Crippen LogP contribution in [0, 0.1) is 0 Å². The predicted octanol–water partition coefficient (Wildman–Crippen LogP) is 3.67. The maximum absolute atomic E-state index is 12.0. The van der Waals surface area contributed by atoms with E-state index in [1.54, 1.807) is 36.4 Å². The standard InChI is InChI=1S/C17H12O3/c18-16-13-8-4-5-9-14(13)20-15(17(16)19)11-10-12-6-2-1-3-7-12/h1-11,19H/b11-10-. The Morgan fingerprint density at radius 2 is 1.60 bits per heavy atom. The molecule has 0 saturated carbocycles. The molecule has 3 heteroatoms. The summed E-state index contributed by atoms with van der Waals surface area (Å²) >= 11 is 0. The summed E-state index contributed by atoms with van der Waals surface area (Å²) in [6, 6.07) is 16.4. The summed E-state index contributed by atoms with van der Waals surface area (Å²) in [5.74, 6) is -0.201. The van der Waals surface area contributed by atoms with E-state index in [9.17, 15) is 9.90 Å². The third-order valence-electron chi connectivity index (χ3n) is 3.03. The first-order valence-corrected chi connectivity index (χ1v) is 6.23. The van der Waals surface area contributed by atoms with Gasteiger partial charge in [0.25, 0.3) is 0 Å². The van der Waals surface area contributed by atoms with Crippen LogP contribution in [0.25, 0.3) is 23.1 Å². The van der Waals surface area contributed by atoms with Gasteiger partial charge in [0, 0.05) is 0 Å².